The topological polar surface area (TPSA) is 23.5 Å². The zero-order valence-corrected chi connectivity index (χ0v) is 7.92. The van der Waals surface area contributed by atoms with Crippen molar-refractivity contribution >= 4 is 0 Å². The maximum absolute atomic E-state index is 9.23. The number of nitrogens with zero attached hydrogens (tertiary/aromatic N) is 1. The molecule has 1 N–H and O–H groups in total. The maximum Gasteiger partial charge on any atom is 0.0615 e. The highest BCUT2D eigenvalue weighted by molar-refractivity contribution is 5.04. The van der Waals surface area contributed by atoms with Gasteiger partial charge in [0.1, 0.15) is 0 Å². The standard InChI is InChI=1S/C10H19NO/c1-9-2-6-11(7-3-9)10(8-12)4-5-10/h9,12H,2-8H2,1H3. The first-order chi connectivity index (χ1) is 5.77. The lowest BCUT2D eigenvalue weighted by Crippen LogP contribution is -2.44. The Kier molecular flexibility index (Phi) is 2.13. The first-order valence-electron chi connectivity index (χ1n) is 5.13. The normalized spacial score (nSPS) is 30.5. The van der Waals surface area contributed by atoms with Crippen molar-refractivity contribution in [2.45, 2.75) is 38.1 Å². The fraction of sp³-hybridized carbons (Fsp3) is 1.00. The van der Waals surface area contributed by atoms with E-state index < -0.39 is 0 Å². The lowest BCUT2D eigenvalue weighted by Gasteiger charge is -2.36. The van der Waals surface area contributed by atoms with E-state index >= 15 is 0 Å². The van der Waals surface area contributed by atoms with Gasteiger partial charge in [-0.05, 0) is 44.7 Å². The van der Waals surface area contributed by atoms with E-state index in [4.69, 9.17) is 0 Å². The minimum atomic E-state index is 0.236. The van der Waals surface area contributed by atoms with Crippen molar-refractivity contribution in [3.05, 3.63) is 0 Å². The SMILES string of the molecule is CC1CCN(C2(CO)CC2)CC1. The van der Waals surface area contributed by atoms with Crippen LogP contribution in [-0.4, -0.2) is 35.2 Å². The zero-order chi connectivity index (χ0) is 8.60. The molecule has 70 valence electrons. The van der Waals surface area contributed by atoms with E-state index in [0.717, 1.165) is 5.92 Å². The monoisotopic (exact) mass is 169 g/mol. The molecule has 0 amide bonds. The lowest BCUT2D eigenvalue weighted by molar-refractivity contribution is 0.0739. The van der Waals surface area contributed by atoms with Crippen LogP contribution in [0.3, 0.4) is 0 Å². The summed E-state index contributed by atoms with van der Waals surface area (Å²) in [6, 6.07) is 0. The van der Waals surface area contributed by atoms with E-state index in [2.05, 4.69) is 11.8 Å². The van der Waals surface area contributed by atoms with Crippen molar-refractivity contribution in [3.63, 3.8) is 0 Å². The largest absolute Gasteiger partial charge is 0.394 e. The lowest BCUT2D eigenvalue weighted by atomic mass is 9.97. The van der Waals surface area contributed by atoms with Gasteiger partial charge in [-0.25, -0.2) is 0 Å². The van der Waals surface area contributed by atoms with Crippen molar-refractivity contribution in [2.24, 2.45) is 5.92 Å². The molecule has 0 aromatic rings. The molecule has 1 heterocycles. The van der Waals surface area contributed by atoms with E-state index in [0.29, 0.717) is 6.61 Å². The predicted octanol–water partition coefficient (Wildman–Crippen LogP) is 1.24. The van der Waals surface area contributed by atoms with Crippen LogP contribution in [-0.2, 0) is 0 Å². The van der Waals surface area contributed by atoms with Crippen molar-refractivity contribution < 1.29 is 5.11 Å². The molecule has 0 spiro atoms. The van der Waals surface area contributed by atoms with Crippen molar-refractivity contribution in [1.82, 2.24) is 4.90 Å². The van der Waals surface area contributed by atoms with Crippen LogP contribution in [0.4, 0.5) is 0 Å². The molecule has 2 rings (SSSR count). The van der Waals surface area contributed by atoms with Gasteiger partial charge in [0.05, 0.1) is 6.61 Å². The average molecular weight is 169 g/mol. The van der Waals surface area contributed by atoms with Crippen LogP contribution in [0.2, 0.25) is 0 Å². The van der Waals surface area contributed by atoms with Crippen LogP contribution in [0.1, 0.15) is 32.6 Å². The van der Waals surface area contributed by atoms with E-state index in [9.17, 15) is 5.11 Å². The zero-order valence-electron chi connectivity index (χ0n) is 7.92. The summed E-state index contributed by atoms with van der Waals surface area (Å²) in [5.41, 5.74) is 0.236. The van der Waals surface area contributed by atoms with Gasteiger partial charge in [0.15, 0.2) is 0 Å². The fourth-order valence-corrected chi connectivity index (χ4v) is 2.20. The highest BCUT2D eigenvalue weighted by atomic mass is 16.3. The molecule has 2 fully saturated rings. The summed E-state index contributed by atoms with van der Waals surface area (Å²) in [4.78, 5) is 2.51. The summed E-state index contributed by atoms with van der Waals surface area (Å²) in [5.74, 6) is 0.899. The number of aliphatic hydroxyl groups excluding tert-OH is 1. The fourth-order valence-electron chi connectivity index (χ4n) is 2.20. The highest BCUT2D eigenvalue weighted by Gasteiger charge is 2.47. The van der Waals surface area contributed by atoms with Crippen LogP contribution in [0.5, 0.6) is 0 Å². The minimum Gasteiger partial charge on any atom is -0.394 e. The molecule has 1 saturated heterocycles. The van der Waals surface area contributed by atoms with Gasteiger partial charge in [0.25, 0.3) is 0 Å². The summed E-state index contributed by atoms with van der Waals surface area (Å²) in [5, 5.41) is 9.23. The van der Waals surface area contributed by atoms with Gasteiger partial charge >= 0.3 is 0 Å². The average Bonchev–Trinajstić information content (AvgIpc) is 2.86. The van der Waals surface area contributed by atoms with Crippen LogP contribution in [0, 0.1) is 5.92 Å². The second-order valence-corrected chi connectivity index (χ2v) is 4.55. The van der Waals surface area contributed by atoms with Crippen molar-refractivity contribution in [3.8, 4) is 0 Å². The summed E-state index contributed by atoms with van der Waals surface area (Å²) in [6.45, 7) is 5.13. The molecule has 0 atom stereocenters. The smallest absolute Gasteiger partial charge is 0.0615 e. The number of piperidine rings is 1. The molecule has 1 aliphatic carbocycles. The number of aliphatic hydroxyl groups is 1. The van der Waals surface area contributed by atoms with E-state index in [-0.39, 0.29) is 5.54 Å². The Balaban J connectivity index is 1.89. The van der Waals surface area contributed by atoms with Gasteiger partial charge in [-0.15, -0.1) is 0 Å². The summed E-state index contributed by atoms with van der Waals surface area (Å²) in [6.07, 6.45) is 5.08. The van der Waals surface area contributed by atoms with E-state index in [1.807, 2.05) is 0 Å². The molecule has 1 aliphatic heterocycles. The first-order valence-corrected chi connectivity index (χ1v) is 5.13. The summed E-state index contributed by atoms with van der Waals surface area (Å²) in [7, 11) is 0. The molecule has 0 radical (unpaired) electrons. The molecule has 12 heavy (non-hydrogen) atoms. The van der Waals surface area contributed by atoms with Crippen molar-refractivity contribution in [1.29, 1.82) is 0 Å². The second kappa shape index (κ2) is 3.00. The third kappa shape index (κ3) is 1.38. The molecule has 0 unspecified atom stereocenters. The Labute approximate surface area is 74.6 Å². The number of likely N-dealkylation sites (tertiary alicyclic amines) is 1. The molecule has 2 nitrogen and oxygen atoms in total. The van der Waals surface area contributed by atoms with Gasteiger partial charge in [0.2, 0.25) is 0 Å². The first kappa shape index (κ1) is 8.52. The van der Waals surface area contributed by atoms with Crippen molar-refractivity contribution in [2.75, 3.05) is 19.7 Å². The van der Waals surface area contributed by atoms with Gasteiger partial charge in [-0.2, -0.15) is 0 Å². The Morgan fingerprint density at radius 1 is 1.33 bits per heavy atom. The Morgan fingerprint density at radius 3 is 2.33 bits per heavy atom. The molecule has 2 heteroatoms. The van der Waals surface area contributed by atoms with Crippen LogP contribution < -0.4 is 0 Å². The summed E-state index contributed by atoms with van der Waals surface area (Å²) < 4.78 is 0. The minimum absolute atomic E-state index is 0.236. The number of hydrogen-bond acceptors (Lipinski definition) is 2. The van der Waals surface area contributed by atoms with E-state index in [1.54, 1.807) is 0 Å². The second-order valence-electron chi connectivity index (χ2n) is 4.55. The molecular formula is C10H19NO. The molecular weight excluding hydrogens is 150 g/mol. The van der Waals surface area contributed by atoms with Crippen LogP contribution in [0.15, 0.2) is 0 Å². The Morgan fingerprint density at radius 2 is 1.92 bits per heavy atom. The van der Waals surface area contributed by atoms with Crippen LogP contribution in [0.25, 0.3) is 0 Å². The maximum atomic E-state index is 9.23. The third-order valence-electron chi connectivity index (χ3n) is 3.58. The highest BCUT2D eigenvalue weighted by Crippen LogP contribution is 2.42. The molecule has 0 aromatic carbocycles. The third-order valence-corrected chi connectivity index (χ3v) is 3.58. The predicted molar refractivity (Wildman–Crippen MR) is 49.0 cm³/mol. The Hall–Kier alpha value is -0.0800. The van der Waals surface area contributed by atoms with E-state index in [1.165, 1.54) is 38.8 Å². The Bertz CT molecular complexity index is 157. The van der Waals surface area contributed by atoms with Gasteiger partial charge in [0, 0.05) is 5.54 Å². The molecule has 1 saturated carbocycles. The summed E-state index contributed by atoms with van der Waals surface area (Å²) >= 11 is 0. The molecule has 2 aliphatic rings. The number of rotatable bonds is 2. The van der Waals surface area contributed by atoms with Crippen LogP contribution >= 0.6 is 0 Å². The number of hydrogen-bond donors (Lipinski definition) is 1. The van der Waals surface area contributed by atoms with Gasteiger partial charge in [-0.3, -0.25) is 4.90 Å². The molecule has 0 bridgehead atoms. The van der Waals surface area contributed by atoms with Gasteiger partial charge in [-0.1, -0.05) is 6.92 Å². The van der Waals surface area contributed by atoms with Gasteiger partial charge < -0.3 is 5.11 Å². The molecule has 0 aromatic heterocycles. The quantitative estimate of drug-likeness (QED) is 0.672.